The summed E-state index contributed by atoms with van der Waals surface area (Å²) in [6, 6.07) is 8.28. The molecule has 1 amide bonds. The predicted octanol–water partition coefficient (Wildman–Crippen LogP) is 1.86. The third kappa shape index (κ3) is 3.57. The number of rotatable bonds is 5. The minimum Gasteiger partial charge on any atom is -0.322 e. The van der Waals surface area contributed by atoms with Gasteiger partial charge in [-0.15, -0.1) is 11.3 Å². The van der Waals surface area contributed by atoms with E-state index in [1.165, 1.54) is 4.70 Å². The van der Waals surface area contributed by atoms with Crippen LogP contribution in [-0.4, -0.2) is 34.3 Å². The Hall–Kier alpha value is -2.25. The van der Waals surface area contributed by atoms with E-state index < -0.39 is 0 Å². The molecule has 7 heteroatoms. The van der Waals surface area contributed by atoms with Crippen molar-refractivity contribution in [3.05, 3.63) is 40.7 Å². The number of quaternary nitrogens is 1. The highest BCUT2D eigenvalue weighted by Gasteiger charge is 2.23. The number of fused-ring (bicyclic) bond motifs is 1. The van der Waals surface area contributed by atoms with Crippen LogP contribution < -0.4 is 10.2 Å². The number of hydrogen-bond donors (Lipinski definition) is 2. The van der Waals surface area contributed by atoms with Crippen LogP contribution in [0.5, 0.6) is 0 Å². The molecule has 132 valence electrons. The highest BCUT2D eigenvalue weighted by molar-refractivity contribution is 7.18. The number of nitrogens with one attached hydrogen (secondary N) is 2. The maximum Gasteiger partial charge on any atom is 0.279 e. The number of para-hydroxylation sites is 1. The molecule has 0 spiro atoms. The minimum absolute atomic E-state index is 0.00957. The Bertz CT molecular complexity index is 880. The summed E-state index contributed by atoms with van der Waals surface area (Å²) < 4.78 is 2.97. The van der Waals surface area contributed by atoms with E-state index in [1.807, 2.05) is 46.1 Å². The smallest absolute Gasteiger partial charge is 0.279 e. The maximum absolute atomic E-state index is 12.5. The van der Waals surface area contributed by atoms with Crippen LogP contribution in [0.25, 0.3) is 10.2 Å². The summed E-state index contributed by atoms with van der Waals surface area (Å²) in [5.74, 6) is -0.00957. The van der Waals surface area contributed by atoms with Crippen LogP contribution in [0, 0.1) is 13.8 Å². The molecule has 0 aliphatic heterocycles. The standard InChI is InChI=1S/C18H23N5OS/c1-11-17(12(2)23(5)21-11)20-16(24)10-22(4)13(3)18-19-14-8-6-7-9-15(14)25-18/h6-9,13H,10H2,1-5H3,(H,20,24)/p+1/t13-/m0/s1. The average molecular weight is 358 g/mol. The van der Waals surface area contributed by atoms with Gasteiger partial charge in [-0.3, -0.25) is 9.48 Å². The Morgan fingerprint density at radius 2 is 2.08 bits per heavy atom. The zero-order valence-electron chi connectivity index (χ0n) is 15.3. The summed E-state index contributed by atoms with van der Waals surface area (Å²) in [5.41, 5.74) is 3.63. The molecule has 1 aromatic carbocycles. The summed E-state index contributed by atoms with van der Waals surface area (Å²) in [6.07, 6.45) is 0. The second-order valence-electron chi connectivity index (χ2n) is 6.48. The van der Waals surface area contributed by atoms with E-state index in [2.05, 4.69) is 23.4 Å². The van der Waals surface area contributed by atoms with Crippen LogP contribution in [0.3, 0.4) is 0 Å². The lowest BCUT2D eigenvalue weighted by Crippen LogP contribution is -3.10. The molecule has 2 atom stereocenters. The van der Waals surface area contributed by atoms with Crippen molar-refractivity contribution in [1.82, 2.24) is 14.8 Å². The van der Waals surface area contributed by atoms with Crippen molar-refractivity contribution < 1.29 is 9.69 Å². The number of hydrogen-bond acceptors (Lipinski definition) is 4. The molecule has 0 saturated heterocycles. The molecular weight excluding hydrogens is 334 g/mol. The lowest BCUT2D eigenvalue weighted by molar-refractivity contribution is -0.902. The summed E-state index contributed by atoms with van der Waals surface area (Å²) in [5, 5.41) is 8.40. The van der Waals surface area contributed by atoms with E-state index in [4.69, 9.17) is 4.98 Å². The van der Waals surface area contributed by atoms with E-state index in [9.17, 15) is 4.79 Å². The van der Waals surface area contributed by atoms with Gasteiger partial charge in [0.25, 0.3) is 5.91 Å². The lowest BCUT2D eigenvalue weighted by atomic mass is 10.3. The van der Waals surface area contributed by atoms with Gasteiger partial charge in [-0.05, 0) is 32.9 Å². The van der Waals surface area contributed by atoms with Crippen molar-refractivity contribution in [2.45, 2.75) is 26.8 Å². The van der Waals surface area contributed by atoms with Gasteiger partial charge in [0.15, 0.2) is 11.6 Å². The van der Waals surface area contributed by atoms with Crippen molar-refractivity contribution in [3.8, 4) is 0 Å². The van der Waals surface area contributed by atoms with Gasteiger partial charge in [-0.1, -0.05) is 12.1 Å². The van der Waals surface area contributed by atoms with Crippen molar-refractivity contribution in [3.63, 3.8) is 0 Å². The van der Waals surface area contributed by atoms with E-state index >= 15 is 0 Å². The first-order chi connectivity index (χ1) is 11.9. The number of aryl methyl sites for hydroxylation is 2. The van der Waals surface area contributed by atoms with E-state index in [1.54, 1.807) is 16.0 Å². The van der Waals surface area contributed by atoms with E-state index in [-0.39, 0.29) is 11.9 Å². The molecule has 0 saturated carbocycles. The van der Waals surface area contributed by atoms with Crippen molar-refractivity contribution in [2.24, 2.45) is 7.05 Å². The Balaban J connectivity index is 1.68. The van der Waals surface area contributed by atoms with Crippen LogP contribution in [0.15, 0.2) is 24.3 Å². The molecule has 6 nitrogen and oxygen atoms in total. The summed E-state index contributed by atoms with van der Waals surface area (Å²) in [6.45, 7) is 6.35. The highest BCUT2D eigenvalue weighted by atomic mass is 32.1. The monoisotopic (exact) mass is 358 g/mol. The minimum atomic E-state index is -0.00957. The molecule has 25 heavy (non-hydrogen) atoms. The Morgan fingerprint density at radius 3 is 2.72 bits per heavy atom. The summed E-state index contributed by atoms with van der Waals surface area (Å²) in [4.78, 5) is 18.3. The predicted molar refractivity (Wildman–Crippen MR) is 101 cm³/mol. The molecule has 0 bridgehead atoms. The van der Waals surface area contributed by atoms with Crippen molar-refractivity contribution in [1.29, 1.82) is 0 Å². The van der Waals surface area contributed by atoms with Gasteiger partial charge in [0, 0.05) is 7.05 Å². The molecule has 2 aromatic heterocycles. The molecule has 0 aliphatic carbocycles. The molecule has 2 heterocycles. The number of carbonyl (C=O) groups excluding carboxylic acids is 1. The number of likely N-dealkylation sites (N-methyl/N-ethyl adjacent to an activating group) is 1. The first kappa shape index (κ1) is 17.6. The maximum atomic E-state index is 12.5. The molecule has 0 aliphatic rings. The second kappa shape index (κ2) is 6.93. The van der Waals surface area contributed by atoms with Gasteiger partial charge in [0.2, 0.25) is 0 Å². The third-order valence-corrected chi connectivity index (χ3v) is 5.85. The number of anilines is 1. The fourth-order valence-corrected chi connectivity index (χ4v) is 3.94. The molecular formula is C18H24N5OS+. The van der Waals surface area contributed by atoms with Gasteiger partial charge in [0.1, 0.15) is 6.04 Å². The van der Waals surface area contributed by atoms with Crippen LogP contribution in [-0.2, 0) is 11.8 Å². The quantitative estimate of drug-likeness (QED) is 0.732. The fraction of sp³-hybridized carbons (Fsp3) is 0.389. The average Bonchev–Trinajstić information content (AvgIpc) is 3.10. The van der Waals surface area contributed by atoms with Crippen molar-refractivity contribution >= 4 is 33.1 Å². The van der Waals surface area contributed by atoms with Gasteiger partial charge in [-0.2, -0.15) is 5.10 Å². The van der Waals surface area contributed by atoms with Gasteiger partial charge in [-0.25, -0.2) is 4.98 Å². The largest absolute Gasteiger partial charge is 0.322 e. The van der Waals surface area contributed by atoms with E-state index in [0.717, 1.165) is 32.5 Å². The van der Waals surface area contributed by atoms with Crippen LogP contribution in [0.4, 0.5) is 5.69 Å². The first-order valence-corrected chi connectivity index (χ1v) is 9.16. The Labute approximate surface area is 151 Å². The van der Waals surface area contributed by atoms with Crippen LogP contribution in [0.2, 0.25) is 0 Å². The Kier molecular flexibility index (Phi) is 4.87. The molecule has 1 unspecified atom stereocenters. The topological polar surface area (TPSA) is 64.2 Å². The summed E-state index contributed by atoms with van der Waals surface area (Å²) >= 11 is 1.70. The molecule has 3 rings (SSSR count). The highest BCUT2D eigenvalue weighted by Crippen LogP contribution is 2.24. The fourth-order valence-electron chi connectivity index (χ4n) is 2.83. The third-order valence-electron chi connectivity index (χ3n) is 4.63. The number of benzene rings is 1. The number of carbonyl (C=O) groups is 1. The summed E-state index contributed by atoms with van der Waals surface area (Å²) in [7, 11) is 3.91. The lowest BCUT2D eigenvalue weighted by Gasteiger charge is -2.19. The van der Waals surface area contributed by atoms with Crippen LogP contribution >= 0.6 is 11.3 Å². The Morgan fingerprint density at radius 1 is 1.36 bits per heavy atom. The zero-order valence-corrected chi connectivity index (χ0v) is 16.1. The SMILES string of the molecule is Cc1nn(C)c(C)c1NC(=O)C[NH+](C)[C@@H](C)c1nc2ccccc2s1. The van der Waals surface area contributed by atoms with Gasteiger partial charge >= 0.3 is 0 Å². The van der Waals surface area contributed by atoms with Gasteiger partial charge in [0.05, 0.1) is 34.3 Å². The molecule has 2 N–H and O–H groups in total. The number of amides is 1. The number of aromatic nitrogens is 3. The van der Waals surface area contributed by atoms with E-state index in [0.29, 0.717) is 6.54 Å². The number of nitrogens with zero attached hydrogens (tertiary/aromatic N) is 3. The normalized spacial score (nSPS) is 13.8. The zero-order chi connectivity index (χ0) is 18.1. The molecule has 3 aromatic rings. The molecule has 0 radical (unpaired) electrons. The second-order valence-corrected chi connectivity index (χ2v) is 7.54. The van der Waals surface area contributed by atoms with Gasteiger partial charge < -0.3 is 10.2 Å². The molecule has 0 fully saturated rings. The van der Waals surface area contributed by atoms with Crippen LogP contribution in [0.1, 0.15) is 29.4 Å². The first-order valence-electron chi connectivity index (χ1n) is 8.34. The van der Waals surface area contributed by atoms with Crippen molar-refractivity contribution in [2.75, 3.05) is 18.9 Å². The number of thiazole rings is 1.